The van der Waals surface area contributed by atoms with Gasteiger partial charge in [-0.25, -0.2) is 9.37 Å². The van der Waals surface area contributed by atoms with Crippen molar-refractivity contribution in [3.05, 3.63) is 22.6 Å². The van der Waals surface area contributed by atoms with E-state index in [4.69, 9.17) is 5.73 Å². The predicted octanol–water partition coefficient (Wildman–Crippen LogP) is 1.99. The van der Waals surface area contributed by atoms with Gasteiger partial charge in [-0.3, -0.25) is 0 Å². The minimum absolute atomic E-state index is 0.272. The summed E-state index contributed by atoms with van der Waals surface area (Å²) in [5, 5.41) is 2.90. The van der Waals surface area contributed by atoms with Gasteiger partial charge in [-0.2, -0.15) is 0 Å². The summed E-state index contributed by atoms with van der Waals surface area (Å²) >= 11 is 3.14. The first-order valence-electron chi connectivity index (χ1n) is 4.38. The summed E-state index contributed by atoms with van der Waals surface area (Å²) in [6.07, 6.45) is 1.55. The molecule has 14 heavy (non-hydrogen) atoms. The highest BCUT2D eigenvalue weighted by molar-refractivity contribution is 9.10. The molecule has 1 aromatic rings. The third-order valence-corrected chi connectivity index (χ3v) is 2.26. The third-order valence-electron chi connectivity index (χ3n) is 1.83. The zero-order valence-corrected chi connectivity index (χ0v) is 9.51. The van der Waals surface area contributed by atoms with Gasteiger partial charge in [-0.15, -0.1) is 0 Å². The molecule has 0 fully saturated rings. The molecule has 0 aliphatic rings. The van der Waals surface area contributed by atoms with E-state index < -0.39 is 0 Å². The molecule has 0 amide bonds. The molecule has 0 bridgehead atoms. The number of nitrogens with zero attached hydrogens (tertiary/aromatic N) is 1. The zero-order chi connectivity index (χ0) is 10.6. The quantitative estimate of drug-likeness (QED) is 0.872. The maximum absolute atomic E-state index is 13.2. The number of nitrogens with one attached hydrogen (secondary N) is 1. The minimum Gasteiger partial charge on any atom is -0.367 e. The Morgan fingerprint density at radius 3 is 3.00 bits per heavy atom. The van der Waals surface area contributed by atoms with Crippen molar-refractivity contribution in [1.29, 1.82) is 0 Å². The van der Waals surface area contributed by atoms with Crippen LogP contribution in [0, 0.1) is 11.7 Å². The van der Waals surface area contributed by atoms with Crippen LogP contribution in [0.3, 0.4) is 0 Å². The van der Waals surface area contributed by atoms with Crippen LogP contribution in [0.1, 0.15) is 6.92 Å². The number of hydrogen-bond acceptors (Lipinski definition) is 3. The zero-order valence-electron chi connectivity index (χ0n) is 7.93. The van der Waals surface area contributed by atoms with Crippen molar-refractivity contribution in [2.24, 2.45) is 11.7 Å². The van der Waals surface area contributed by atoms with Gasteiger partial charge in [-0.05, 0) is 34.5 Å². The summed E-state index contributed by atoms with van der Waals surface area (Å²) in [5.41, 5.74) is 5.44. The molecule has 0 aliphatic heterocycles. The minimum atomic E-state index is -0.358. The lowest BCUT2D eigenvalue weighted by atomic mass is 10.2. The third kappa shape index (κ3) is 3.23. The van der Waals surface area contributed by atoms with Crippen LogP contribution in [0.5, 0.6) is 0 Å². The molecular weight excluding hydrogens is 249 g/mol. The Balaban J connectivity index is 2.59. The number of hydrogen-bond donors (Lipinski definition) is 2. The smallest absolute Gasteiger partial charge is 0.166 e. The number of anilines is 1. The van der Waals surface area contributed by atoms with E-state index >= 15 is 0 Å². The second-order valence-electron chi connectivity index (χ2n) is 3.21. The SMILES string of the molecule is CC(CN)CNc1ncc(Br)cc1F. The van der Waals surface area contributed by atoms with Crippen LogP contribution in [-0.4, -0.2) is 18.1 Å². The standard InChI is InChI=1S/C9H13BrFN3/c1-6(3-12)4-13-9-8(11)2-7(10)5-14-9/h2,5-6H,3-4,12H2,1H3,(H,13,14). The van der Waals surface area contributed by atoms with Crippen LogP contribution in [0.15, 0.2) is 16.7 Å². The molecule has 0 aliphatic carbocycles. The largest absolute Gasteiger partial charge is 0.367 e. The maximum Gasteiger partial charge on any atom is 0.166 e. The fourth-order valence-electron chi connectivity index (χ4n) is 0.899. The van der Waals surface area contributed by atoms with Crippen molar-refractivity contribution in [2.45, 2.75) is 6.92 Å². The molecule has 0 spiro atoms. The van der Waals surface area contributed by atoms with Crippen LogP contribution in [-0.2, 0) is 0 Å². The normalized spacial score (nSPS) is 12.6. The molecule has 5 heteroatoms. The summed E-state index contributed by atoms with van der Waals surface area (Å²) in [4.78, 5) is 3.91. The molecule has 0 aromatic carbocycles. The van der Waals surface area contributed by atoms with Crippen molar-refractivity contribution < 1.29 is 4.39 Å². The average Bonchev–Trinajstić information content (AvgIpc) is 2.16. The Bertz CT molecular complexity index is 306. The first-order valence-corrected chi connectivity index (χ1v) is 5.17. The highest BCUT2D eigenvalue weighted by atomic mass is 79.9. The fraction of sp³-hybridized carbons (Fsp3) is 0.444. The Labute approximate surface area is 91.0 Å². The fourth-order valence-corrected chi connectivity index (χ4v) is 1.20. The van der Waals surface area contributed by atoms with Crippen LogP contribution >= 0.6 is 15.9 Å². The van der Waals surface area contributed by atoms with E-state index in [0.717, 1.165) is 0 Å². The van der Waals surface area contributed by atoms with E-state index in [1.807, 2.05) is 6.92 Å². The second kappa shape index (κ2) is 5.26. The molecule has 1 atom stereocenters. The van der Waals surface area contributed by atoms with E-state index in [1.165, 1.54) is 6.07 Å². The highest BCUT2D eigenvalue weighted by Crippen LogP contribution is 2.16. The molecule has 3 N–H and O–H groups in total. The predicted molar refractivity (Wildman–Crippen MR) is 58.6 cm³/mol. The Hall–Kier alpha value is -0.680. The van der Waals surface area contributed by atoms with E-state index in [0.29, 0.717) is 23.5 Å². The van der Waals surface area contributed by atoms with E-state index in [2.05, 4.69) is 26.2 Å². The van der Waals surface area contributed by atoms with Crippen molar-refractivity contribution >= 4 is 21.7 Å². The van der Waals surface area contributed by atoms with Gasteiger partial charge >= 0.3 is 0 Å². The molecule has 0 radical (unpaired) electrons. The van der Waals surface area contributed by atoms with Gasteiger partial charge in [0.2, 0.25) is 0 Å². The molecule has 3 nitrogen and oxygen atoms in total. The van der Waals surface area contributed by atoms with Gasteiger partial charge in [0.25, 0.3) is 0 Å². The molecular formula is C9H13BrFN3. The van der Waals surface area contributed by atoms with Gasteiger partial charge < -0.3 is 11.1 Å². The first-order chi connectivity index (χ1) is 6.63. The summed E-state index contributed by atoms with van der Waals surface area (Å²) in [7, 11) is 0. The maximum atomic E-state index is 13.2. The number of halogens is 2. The Morgan fingerprint density at radius 2 is 2.43 bits per heavy atom. The molecule has 1 unspecified atom stereocenters. The molecule has 1 heterocycles. The topological polar surface area (TPSA) is 50.9 Å². The van der Waals surface area contributed by atoms with Crippen LogP contribution in [0.4, 0.5) is 10.2 Å². The van der Waals surface area contributed by atoms with Crippen LogP contribution in [0.2, 0.25) is 0 Å². The van der Waals surface area contributed by atoms with E-state index in [9.17, 15) is 4.39 Å². The summed E-state index contributed by atoms with van der Waals surface area (Å²) in [6, 6.07) is 1.38. The van der Waals surface area contributed by atoms with Gasteiger partial charge in [0.1, 0.15) is 0 Å². The summed E-state index contributed by atoms with van der Waals surface area (Å²) < 4.78 is 13.9. The summed E-state index contributed by atoms with van der Waals surface area (Å²) in [5.74, 6) is 0.219. The second-order valence-corrected chi connectivity index (χ2v) is 4.12. The first kappa shape index (κ1) is 11.4. The molecule has 0 saturated heterocycles. The van der Waals surface area contributed by atoms with Crippen molar-refractivity contribution in [2.75, 3.05) is 18.4 Å². The highest BCUT2D eigenvalue weighted by Gasteiger charge is 2.05. The van der Waals surface area contributed by atoms with Gasteiger partial charge in [0.15, 0.2) is 11.6 Å². The van der Waals surface area contributed by atoms with Crippen LogP contribution in [0.25, 0.3) is 0 Å². The lowest BCUT2D eigenvalue weighted by molar-refractivity contribution is 0.603. The van der Waals surface area contributed by atoms with Gasteiger partial charge in [-0.1, -0.05) is 6.92 Å². The lowest BCUT2D eigenvalue weighted by Crippen LogP contribution is -2.20. The number of rotatable bonds is 4. The van der Waals surface area contributed by atoms with E-state index in [1.54, 1.807) is 6.20 Å². The van der Waals surface area contributed by atoms with Crippen molar-refractivity contribution in [3.8, 4) is 0 Å². The number of aromatic nitrogens is 1. The molecule has 0 saturated carbocycles. The van der Waals surface area contributed by atoms with Gasteiger partial charge in [0.05, 0.1) is 0 Å². The summed E-state index contributed by atoms with van der Waals surface area (Å²) in [6.45, 7) is 3.19. The van der Waals surface area contributed by atoms with Gasteiger partial charge in [0, 0.05) is 17.2 Å². The van der Waals surface area contributed by atoms with E-state index in [-0.39, 0.29) is 11.6 Å². The van der Waals surface area contributed by atoms with Crippen molar-refractivity contribution in [1.82, 2.24) is 4.98 Å². The molecule has 78 valence electrons. The lowest BCUT2D eigenvalue weighted by Gasteiger charge is -2.10. The number of pyridine rings is 1. The van der Waals surface area contributed by atoms with Crippen LogP contribution < -0.4 is 11.1 Å². The monoisotopic (exact) mass is 261 g/mol. The van der Waals surface area contributed by atoms with Crippen molar-refractivity contribution in [3.63, 3.8) is 0 Å². The molecule has 1 aromatic heterocycles. The molecule has 1 rings (SSSR count). The average molecular weight is 262 g/mol. The Kier molecular flexibility index (Phi) is 4.28. The number of nitrogens with two attached hydrogens (primary N) is 1. The Morgan fingerprint density at radius 1 is 1.71 bits per heavy atom.